The Labute approximate surface area is 53.3 Å². The lowest BCUT2D eigenvalue weighted by atomic mass is 10.5. The molecule has 0 amide bonds. The molecule has 0 radical (unpaired) electrons. The Balaban J connectivity index is 3.11. The van der Waals surface area contributed by atoms with E-state index < -0.39 is 0 Å². The minimum atomic E-state index is 0.495. The van der Waals surface area contributed by atoms with Crippen LogP contribution >= 0.6 is 0 Å². The van der Waals surface area contributed by atoms with E-state index in [1.807, 2.05) is 18.5 Å². The second-order valence-corrected chi connectivity index (χ2v) is 1.94. The minimum absolute atomic E-state index is 0.495. The summed E-state index contributed by atoms with van der Waals surface area (Å²) in [5, 5.41) is 0. The summed E-state index contributed by atoms with van der Waals surface area (Å²) in [6.07, 6.45) is 2.44. The Hall–Kier alpha value is -1.12. The monoisotopic (exact) mass is 124 g/mol. The molecule has 0 spiro atoms. The Morgan fingerprint density at radius 1 is 1.78 bits per heavy atom. The first kappa shape index (κ1) is 6.01. The van der Waals surface area contributed by atoms with Crippen molar-refractivity contribution in [1.82, 2.24) is 9.55 Å². The van der Waals surface area contributed by atoms with Crippen LogP contribution in [0.1, 0.15) is 16.3 Å². The van der Waals surface area contributed by atoms with Gasteiger partial charge >= 0.3 is 0 Å². The Kier molecular flexibility index (Phi) is 1.34. The molecule has 1 aromatic heterocycles. The fourth-order valence-electron chi connectivity index (χ4n) is 0.643. The fraction of sp³-hybridized carbons (Fsp3) is 0.333. The zero-order valence-corrected chi connectivity index (χ0v) is 5.46. The van der Waals surface area contributed by atoms with Crippen molar-refractivity contribution in [2.24, 2.45) is 7.05 Å². The number of aromatic nitrogens is 2. The maximum absolute atomic E-state index is 10.1. The van der Waals surface area contributed by atoms with Gasteiger partial charge in [0.25, 0.3) is 0 Å². The molecule has 0 saturated heterocycles. The van der Waals surface area contributed by atoms with Crippen molar-refractivity contribution < 1.29 is 4.79 Å². The van der Waals surface area contributed by atoms with E-state index in [1.165, 1.54) is 0 Å². The standard InChI is InChI=1S/C6H8N2O/c1-5-7-6(4-9)3-8(5)2/h3-4H,1-2H3. The van der Waals surface area contributed by atoms with E-state index in [2.05, 4.69) is 4.98 Å². The summed E-state index contributed by atoms with van der Waals surface area (Å²) in [5.41, 5.74) is 0.495. The maximum Gasteiger partial charge on any atom is 0.170 e. The number of carbonyl (C=O) groups excluding carboxylic acids is 1. The van der Waals surface area contributed by atoms with Crippen LogP contribution in [0.2, 0.25) is 0 Å². The Bertz CT molecular complexity index is 207. The summed E-state index contributed by atoms with van der Waals surface area (Å²) in [6.45, 7) is 1.85. The first-order valence-electron chi connectivity index (χ1n) is 2.69. The molecule has 3 nitrogen and oxygen atoms in total. The molecule has 0 aliphatic heterocycles. The lowest BCUT2D eigenvalue weighted by Gasteiger charge is -1.87. The average molecular weight is 124 g/mol. The molecule has 1 rings (SSSR count). The molecule has 1 aromatic rings. The lowest BCUT2D eigenvalue weighted by Crippen LogP contribution is -1.86. The van der Waals surface area contributed by atoms with Gasteiger partial charge in [0.2, 0.25) is 0 Å². The van der Waals surface area contributed by atoms with Crippen LogP contribution in [-0.2, 0) is 7.05 Å². The third-order valence-electron chi connectivity index (χ3n) is 1.25. The summed E-state index contributed by atoms with van der Waals surface area (Å²) in [7, 11) is 1.86. The normalized spacial score (nSPS) is 9.56. The molecular weight excluding hydrogens is 116 g/mol. The largest absolute Gasteiger partial charge is 0.337 e. The number of rotatable bonds is 1. The van der Waals surface area contributed by atoms with Gasteiger partial charge < -0.3 is 4.57 Å². The van der Waals surface area contributed by atoms with Crippen LogP contribution in [0.25, 0.3) is 0 Å². The number of hydrogen-bond acceptors (Lipinski definition) is 2. The third-order valence-corrected chi connectivity index (χ3v) is 1.25. The summed E-state index contributed by atoms with van der Waals surface area (Å²) in [4.78, 5) is 14.0. The van der Waals surface area contributed by atoms with E-state index in [0.717, 1.165) is 12.1 Å². The second-order valence-electron chi connectivity index (χ2n) is 1.94. The number of aldehydes is 1. The van der Waals surface area contributed by atoms with Crippen LogP contribution in [0.5, 0.6) is 0 Å². The van der Waals surface area contributed by atoms with Gasteiger partial charge in [0.05, 0.1) is 0 Å². The molecule has 0 atom stereocenters. The molecule has 1 heterocycles. The molecule has 0 fully saturated rings. The quantitative estimate of drug-likeness (QED) is 0.512. The van der Waals surface area contributed by atoms with Gasteiger partial charge in [-0.2, -0.15) is 0 Å². The van der Waals surface area contributed by atoms with E-state index in [-0.39, 0.29) is 0 Å². The van der Waals surface area contributed by atoms with Crippen LogP contribution in [0.4, 0.5) is 0 Å². The van der Waals surface area contributed by atoms with Crippen molar-refractivity contribution in [2.75, 3.05) is 0 Å². The average Bonchev–Trinajstić information content (AvgIpc) is 2.13. The molecule has 0 bridgehead atoms. The van der Waals surface area contributed by atoms with Crippen molar-refractivity contribution in [3.05, 3.63) is 17.7 Å². The van der Waals surface area contributed by atoms with Crippen LogP contribution in [0.15, 0.2) is 6.20 Å². The zero-order chi connectivity index (χ0) is 6.85. The summed E-state index contributed by atoms with van der Waals surface area (Å²) < 4.78 is 1.81. The van der Waals surface area contributed by atoms with Gasteiger partial charge in [-0.15, -0.1) is 0 Å². The first-order chi connectivity index (χ1) is 4.24. The minimum Gasteiger partial charge on any atom is -0.337 e. The van der Waals surface area contributed by atoms with Gasteiger partial charge in [-0.05, 0) is 6.92 Å². The van der Waals surface area contributed by atoms with E-state index in [1.54, 1.807) is 6.20 Å². The zero-order valence-electron chi connectivity index (χ0n) is 5.46. The lowest BCUT2D eigenvalue weighted by molar-refractivity contribution is 0.111. The first-order valence-corrected chi connectivity index (χ1v) is 2.69. The van der Waals surface area contributed by atoms with Crippen molar-refractivity contribution in [2.45, 2.75) is 6.92 Å². The number of hydrogen-bond donors (Lipinski definition) is 0. The molecule has 48 valence electrons. The van der Waals surface area contributed by atoms with Crippen molar-refractivity contribution in [3.63, 3.8) is 0 Å². The molecule has 9 heavy (non-hydrogen) atoms. The van der Waals surface area contributed by atoms with Crippen LogP contribution in [0.3, 0.4) is 0 Å². The predicted octanol–water partition coefficient (Wildman–Crippen LogP) is 0.541. The van der Waals surface area contributed by atoms with Gasteiger partial charge in [0, 0.05) is 13.2 Å². The molecule has 0 unspecified atom stereocenters. The number of aryl methyl sites for hydroxylation is 2. The topological polar surface area (TPSA) is 34.9 Å². The summed E-state index contributed by atoms with van der Waals surface area (Å²) in [5.74, 6) is 0.858. The molecular formula is C6H8N2O. The van der Waals surface area contributed by atoms with E-state index >= 15 is 0 Å². The van der Waals surface area contributed by atoms with Gasteiger partial charge in [-0.3, -0.25) is 4.79 Å². The summed E-state index contributed by atoms with van der Waals surface area (Å²) in [6, 6.07) is 0. The van der Waals surface area contributed by atoms with Crippen molar-refractivity contribution >= 4 is 6.29 Å². The van der Waals surface area contributed by atoms with E-state index in [9.17, 15) is 4.79 Å². The second kappa shape index (κ2) is 2.01. The molecule has 3 heteroatoms. The smallest absolute Gasteiger partial charge is 0.170 e. The molecule has 0 aliphatic rings. The van der Waals surface area contributed by atoms with Crippen LogP contribution in [0, 0.1) is 6.92 Å². The van der Waals surface area contributed by atoms with Crippen LogP contribution in [-0.4, -0.2) is 15.8 Å². The number of imidazole rings is 1. The Morgan fingerprint density at radius 2 is 2.44 bits per heavy atom. The molecule has 0 saturated carbocycles. The van der Waals surface area contributed by atoms with Crippen molar-refractivity contribution in [3.8, 4) is 0 Å². The molecule has 0 N–H and O–H groups in total. The molecule has 0 aromatic carbocycles. The Morgan fingerprint density at radius 3 is 2.67 bits per heavy atom. The molecule has 0 aliphatic carbocycles. The predicted molar refractivity (Wildman–Crippen MR) is 33.3 cm³/mol. The van der Waals surface area contributed by atoms with E-state index in [0.29, 0.717) is 5.69 Å². The fourth-order valence-corrected chi connectivity index (χ4v) is 0.643. The highest BCUT2D eigenvalue weighted by Crippen LogP contribution is 1.95. The van der Waals surface area contributed by atoms with Gasteiger partial charge in [-0.25, -0.2) is 4.98 Å². The van der Waals surface area contributed by atoms with Gasteiger partial charge in [-0.1, -0.05) is 0 Å². The highest BCUT2D eigenvalue weighted by molar-refractivity contribution is 5.71. The number of nitrogens with zero attached hydrogens (tertiary/aromatic N) is 2. The summed E-state index contributed by atoms with van der Waals surface area (Å²) >= 11 is 0. The SMILES string of the molecule is Cc1nc(C=O)cn1C. The maximum atomic E-state index is 10.1. The van der Waals surface area contributed by atoms with Crippen LogP contribution < -0.4 is 0 Å². The highest BCUT2D eigenvalue weighted by Gasteiger charge is 1.96. The van der Waals surface area contributed by atoms with Gasteiger partial charge in [0.15, 0.2) is 6.29 Å². The highest BCUT2D eigenvalue weighted by atomic mass is 16.1. The van der Waals surface area contributed by atoms with E-state index in [4.69, 9.17) is 0 Å². The van der Waals surface area contributed by atoms with Crippen molar-refractivity contribution in [1.29, 1.82) is 0 Å². The number of carbonyl (C=O) groups is 1. The van der Waals surface area contributed by atoms with Gasteiger partial charge in [0.1, 0.15) is 11.5 Å². The third kappa shape index (κ3) is 0.988.